The quantitative estimate of drug-likeness (QED) is 0.876. The molecular formula is C17H30N4. The van der Waals surface area contributed by atoms with Crippen LogP contribution < -0.4 is 10.6 Å². The number of aromatic nitrogens is 2. The third kappa shape index (κ3) is 3.86. The van der Waals surface area contributed by atoms with Gasteiger partial charge in [0, 0.05) is 23.6 Å². The minimum absolute atomic E-state index is 0.0444. The molecule has 21 heavy (non-hydrogen) atoms. The monoisotopic (exact) mass is 290 g/mol. The number of nitrogens with one attached hydrogen (secondary N) is 2. The van der Waals surface area contributed by atoms with Gasteiger partial charge in [-0.1, -0.05) is 27.7 Å². The van der Waals surface area contributed by atoms with Gasteiger partial charge in [-0.15, -0.1) is 0 Å². The van der Waals surface area contributed by atoms with Crippen molar-refractivity contribution in [2.24, 2.45) is 5.92 Å². The Morgan fingerprint density at radius 2 is 1.81 bits per heavy atom. The van der Waals surface area contributed by atoms with E-state index in [0.29, 0.717) is 6.04 Å². The van der Waals surface area contributed by atoms with Gasteiger partial charge >= 0.3 is 0 Å². The van der Waals surface area contributed by atoms with Crippen LogP contribution in [0.3, 0.4) is 0 Å². The van der Waals surface area contributed by atoms with Gasteiger partial charge in [-0.3, -0.25) is 0 Å². The molecule has 1 aromatic heterocycles. The van der Waals surface area contributed by atoms with Gasteiger partial charge in [0.15, 0.2) is 0 Å². The summed E-state index contributed by atoms with van der Waals surface area (Å²) in [6, 6.07) is 0.552. The van der Waals surface area contributed by atoms with Crippen LogP contribution in [0.15, 0.2) is 0 Å². The SMILES string of the molecule is CCNc1nc(C(C)(C)C)nc(NC2CCC(C)C2)c1C. The maximum atomic E-state index is 4.81. The first-order valence-corrected chi connectivity index (χ1v) is 8.20. The second kappa shape index (κ2) is 6.20. The summed E-state index contributed by atoms with van der Waals surface area (Å²) in [5, 5.41) is 7.03. The molecule has 0 amide bonds. The Morgan fingerprint density at radius 3 is 2.33 bits per heavy atom. The fourth-order valence-corrected chi connectivity index (χ4v) is 2.86. The molecule has 1 aliphatic rings. The van der Waals surface area contributed by atoms with Gasteiger partial charge in [-0.05, 0) is 39.0 Å². The standard InChI is InChI=1S/C17H30N4/c1-7-18-14-12(3)15(19-13-9-8-11(2)10-13)21-16(20-14)17(4,5)6/h11,13H,7-10H2,1-6H3,(H2,18,19,20,21). The molecule has 0 spiro atoms. The van der Waals surface area contributed by atoms with Crippen LogP contribution in [-0.2, 0) is 5.41 Å². The first-order valence-electron chi connectivity index (χ1n) is 8.20. The van der Waals surface area contributed by atoms with Gasteiger partial charge < -0.3 is 10.6 Å². The van der Waals surface area contributed by atoms with Crippen LogP contribution in [0.25, 0.3) is 0 Å². The normalized spacial score (nSPS) is 22.4. The molecule has 1 aliphatic carbocycles. The fraction of sp³-hybridized carbons (Fsp3) is 0.765. The van der Waals surface area contributed by atoms with E-state index in [-0.39, 0.29) is 5.41 Å². The van der Waals surface area contributed by atoms with Crippen molar-refractivity contribution in [3.05, 3.63) is 11.4 Å². The van der Waals surface area contributed by atoms with Crippen LogP contribution in [0.5, 0.6) is 0 Å². The predicted molar refractivity (Wildman–Crippen MR) is 90.1 cm³/mol. The highest BCUT2D eigenvalue weighted by Crippen LogP contribution is 2.31. The van der Waals surface area contributed by atoms with Crippen molar-refractivity contribution in [2.75, 3.05) is 17.2 Å². The molecule has 4 nitrogen and oxygen atoms in total. The van der Waals surface area contributed by atoms with Crippen LogP contribution in [-0.4, -0.2) is 22.6 Å². The lowest BCUT2D eigenvalue weighted by Gasteiger charge is -2.23. The minimum atomic E-state index is -0.0444. The van der Waals surface area contributed by atoms with E-state index in [4.69, 9.17) is 9.97 Å². The number of rotatable bonds is 4. The summed E-state index contributed by atoms with van der Waals surface area (Å²) in [4.78, 5) is 9.53. The first kappa shape index (κ1) is 16.1. The van der Waals surface area contributed by atoms with Crippen molar-refractivity contribution in [2.45, 2.75) is 72.3 Å². The van der Waals surface area contributed by atoms with Crippen LogP contribution in [0, 0.1) is 12.8 Å². The van der Waals surface area contributed by atoms with Gasteiger partial charge in [-0.2, -0.15) is 0 Å². The second-order valence-corrected chi connectivity index (χ2v) is 7.41. The zero-order valence-electron chi connectivity index (χ0n) is 14.4. The molecule has 2 rings (SSSR count). The van der Waals surface area contributed by atoms with Crippen LogP contribution >= 0.6 is 0 Å². The molecule has 0 aromatic carbocycles. The zero-order chi connectivity index (χ0) is 15.6. The van der Waals surface area contributed by atoms with Crippen molar-refractivity contribution in [1.29, 1.82) is 0 Å². The average Bonchev–Trinajstić information content (AvgIpc) is 2.78. The van der Waals surface area contributed by atoms with Gasteiger partial charge in [0.1, 0.15) is 17.5 Å². The Kier molecular flexibility index (Phi) is 4.74. The summed E-state index contributed by atoms with van der Waals surface area (Å²) >= 11 is 0. The molecule has 118 valence electrons. The average molecular weight is 290 g/mol. The maximum Gasteiger partial charge on any atom is 0.138 e. The molecule has 1 heterocycles. The summed E-state index contributed by atoms with van der Waals surface area (Å²) in [6.07, 6.45) is 3.80. The van der Waals surface area contributed by atoms with Gasteiger partial charge in [0.05, 0.1) is 0 Å². The molecule has 0 aliphatic heterocycles. The molecule has 1 saturated carbocycles. The lowest BCUT2D eigenvalue weighted by molar-refractivity contribution is 0.545. The summed E-state index contributed by atoms with van der Waals surface area (Å²) in [5.74, 6) is 3.69. The summed E-state index contributed by atoms with van der Waals surface area (Å²) in [7, 11) is 0. The van der Waals surface area contributed by atoms with Gasteiger partial charge in [0.25, 0.3) is 0 Å². The van der Waals surface area contributed by atoms with E-state index in [2.05, 4.69) is 52.2 Å². The second-order valence-electron chi connectivity index (χ2n) is 7.41. The van der Waals surface area contributed by atoms with Crippen LogP contribution in [0.1, 0.15) is 65.3 Å². The molecule has 2 unspecified atom stereocenters. The highest BCUT2D eigenvalue weighted by Gasteiger charge is 2.25. The van der Waals surface area contributed by atoms with E-state index >= 15 is 0 Å². The van der Waals surface area contributed by atoms with E-state index in [1.54, 1.807) is 0 Å². The number of anilines is 2. The smallest absolute Gasteiger partial charge is 0.138 e. The highest BCUT2D eigenvalue weighted by molar-refractivity contribution is 5.58. The summed E-state index contributed by atoms with van der Waals surface area (Å²) in [5.41, 5.74) is 1.08. The van der Waals surface area contributed by atoms with E-state index in [9.17, 15) is 0 Å². The van der Waals surface area contributed by atoms with Crippen molar-refractivity contribution < 1.29 is 0 Å². The van der Waals surface area contributed by atoms with Gasteiger partial charge in [-0.25, -0.2) is 9.97 Å². The van der Waals surface area contributed by atoms with Crippen LogP contribution in [0.4, 0.5) is 11.6 Å². The molecule has 0 radical (unpaired) electrons. The third-order valence-corrected chi connectivity index (χ3v) is 4.20. The topological polar surface area (TPSA) is 49.8 Å². The molecule has 1 fully saturated rings. The maximum absolute atomic E-state index is 4.81. The lowest BCUT2D eigenvalue weighted by Crippen LogP contribution is -2.23. The molecule has 2 N–H and O–H groups in total. The zero-order valence-corrected chi connectivity index (χ0v) is 14.4. The van der Waals surface area contributed by atoms with E-state index < -0.39 is 0 Å². The van der Waals surface area contributed by atoms with Crippen molar-refractivity contribution in [1.82, 2.24) is 9.97 Å². The minimum Gasteiger partial charge on any atom is -0.370 e. The van der Waals surface area contributed by atoms with E-state index in [0.717, 1.165) is 35.5 Å². The van der Waals surface area contributed by atoms with E-state index in [1.165, 1.54) is 19.3 Å². The van der Waals surface area contributed by atoms with Gasteiger partial charge in [0.2, 0.25) is 0 Å². The summed E-state index contributed by atoms with van der Waals surface area (Å²) in [6.45, 7) is 13.9. The molecule has 4 heteroatoms. The molecule has 0 saturated heterocycles. The Morgan fingerprint density at radius 1 is 1.14 bits per heavy atom. The number of hydrogen-bond acceptors (Lipinski definition) is 4. The van der Waals surface area contributed by atoms with Crippen molar-refractivity contribution in [3.8, 4) is 0 Å². The first-order chi connectivity index (χ1) is 9.81. The predicted octanol–water partition coefficient (Wildman–Crippen LogP) is 4.11. The van der Waals surface area contributed by atoms with Crippen LogP contribution in [0.2, 0.25) is 0 Å². The Hall–Kier alpha value is -1.32. The lowest BCUT2D eigenvalue weighted by atomic mass is 9.95. The highest BCUT2D eigenvalue weighted by atomic mass is 15.1. The molecule has 0 bridgehead atoms. The number of hydrogen-bond donors (Lipinski definition) is 2. The Balaban J connectivity index is 2.31. The van der Waals surface area contributed by atoms with Crippen molar-refractivity contribution >= 4 is 11.6 Å². The Bertz CT molecular complexity index is 490. The largest absolute Gasteiger partial charge is 0.370 e. The fourth-order valence-electron chi connectivity index (χ4n) is 2.86. The molecule has 2 atom stereocenters. The third-order valence-electron chi connectivity index (χ3n) is 4.20. The molecular weight excluding hydrogens is 260 g/mol. The van der Waals surface area contributed by atoms with Crippen molar-refractivity contribution in [3.63, 3.8) is 0 Å². The Labute approximate surface area is 129 Å². The molecule has 1 aromatic rings. The summed E-state index contributed by atoms with van der Waals surface area (Å²) < 4.78 is 0. The van der Waals surface area contributed by atoms with E-state index in [1.807, 2.05) is 0 Å². The number of nitrogens with zero attached hydrogens (tertiary/aromatic N) is 2.